The Morgan fingerprint density at radius 2 is 1.76 bits per heavy atom. The van der Waals surface area contributed by atoms with Gasteiger partial charge in [0.25, 0.3) is 0 Å². The molecule has 2 aromatic carbocycles. The van der Waals surface area contributed by atoms with Crippen LogP contribution in [0.2, 0.25) is 0 Å². The minimum absolute atomic E-state index is 0.153. The van der Waals surface area contributed by atoms with Crippen LogP contribution in [0.1, 0.15) is 11.1 Å². The fourth-order valence-corrected chi connectivity index (χ4v) is 2.94. The van der Waals surface area contributed by atoms with E-state index < -0.39 is 15.8 Å². The molecule has 2 aromatic rings. The largest absolute Gasteiger partial charge is 0.497 e. The highest BCUT2D eigenvalue weighted by molar-refractivity contribution is 7.88. The van der Waals surface area contributed by atoms with Gasteiger partial charge in [0, 0.05) is 12.1 Å². The molecule has 0 radical (unpaired) electrons. The van der Waals surface area contributed by atoms with E-state index >= 15 is 0 Å². The number of hydrogen-bond acceptors (Lipinski definition) is 3. The lowest BCUT2D eigenvalue weighted by Crippen LogP contribution is -2.25. The van der Waals surface area contributed by atoms with Crippen molar-refractivity contribution in [3.05, 3.63) is 65.5 Å². The second kappa shape index (κ2) is 6.69. The van der Waals surface area contributed by atoms with Crippen LogP contribution in [0.5, 0.6) is 5.75 Å². The van der Waals surface area contributed by atoms with Gasteiger partial charge in [-0.15, -0.1) is 0 Å². The maximum atomic E-state index is 13.5. The zero-order valence-corrected chi connectivity index (χ0v) is 12.4. The molecular weight excluding hydrogens is 293 g/mol. The zero-order valence-electron chi connectivity index (χ0n) is 11.5. The molecule has 0 amide bonds. The molecule has 0 heterocycles. The summed E-state index contributed by atoms with van der Waals surface area (Å²) >= 11 is 0. The molecule has 0 saturated carbocycles. The SMILES string of the molecule is COc1ccc(CNS(=O)(=O)Cc2ccccc2F)cc1. The van der Waals surface area contributed by atoms with Gasteiger partial charge in [0.05, 0.1) is 12.9 Å². The third-order valence-electron chi connectivity index (χ3n) is 2.96. The van der Waals surface area contributed by atoms with Gasteiger partial charge in [0.15, 0.2) is 0 Å². The van der Waals surface area contributed by atoms with Gasteiger partial charge < -0.3 is 4.74 Å². The average Bonchev–Trinajstić information content (AvgIpc) is 2.48. The quantitative estimate of drug-likeness (QED) is 0.892. The van der Waals surface area contributed by atoms with Crippen molar-refractivity contribution in [1.82, 2.24) is 4.72 Å². The first-order chi connectivity index (χ1) is 10.00. The van der Waals surface area contributed by atoms with E-state index in [-0.39, 0.29) is 17.9 Å². The molecule has 0 aliphatic carbocycles. The summed E-state index contributed by atoms with van der Waals surface area (Å²) in [5.74, 6) is -0.198. The molecule has 21 heavy (non-hydrogen) atoms. The van der Waals surface area contributed by atoms with E-state index in [2.05, 4.69) is 4.72 Å². The lowest BCUT2D eigenvalue weighted by atomic mass is 10.2. The van der Waals surface area contributed by atoms with Gasteiger partial charge in [-0.1, -0.05) is 30.3 Å². The third-order valence-corrected chi connectivity index (χ3v) is 4.23. The molecule has 0 aromatic heterocycles. The Balaban J connectivity index is 1.99. The van der Waals surface area contributed by atoms with Crippen LogP contribution in [0.15, 0.2) is 48.5 Å². The zero-order chi connectivity index (χ0) is 15.3. The molecule has 0 bridgehead atoms. The van der Waals surface area contributed by atoms with Crippen molar-refractivity contribution in [1.29, 1.82) is 0 Å². The topological polar surface area (TPSA) is 55.4 Å². The Kier molecular flexibility index (Phi) is 4.93. The molecule has 2 rings (SSSR count). The Morgan fingerprint density at radius 1 is 1.10 bits per heavy atom. The van der Waals surface area contributed by atoms with Crippen molar-refractivity contribution in [2.75, 3.05) is 7.11 Å². The Labute approximate surface area is 123 Å². The summed E-state index contributed by atoms with van der Waals surface area (Å²) in [4.78, 5) is 0. The lowest BCUT2D eigenvalue weighted by molar-refractivity contribution is 0.414. The molecular formula is C15H16FNO3S. The van der Waals surface area contributed by atoms with E-state index in [9.17, 15) is 12.8 Å². The van der Waals surface area contributed by atoms with Crippen LogP contribution in [0.4, 0.5) is 4.39 Å². The van der Waals surface area contributed by atoms with E-state index in [1.54, 1.807) is 37.4 Å². The Bertz CT molecular complexity index is 699. The highest BCUT2D eigenvalue weighted by Crippen LogP contribution is 2.13. The molecule has 0 atom stereocenters. The molecule has 0 aliphatic heterocycles. The fourth-order valence-electron chi connectivity index (χ4n) is 1.81. The van der Waals surface area contributed by atoms with Crippen molar-refractivity contribution in [2.45, 2.75) is 12.3 Å². The van der Waals surface area contributed by atoms with Crippen molar-refractivity contribution in [2.24, 2.45) is 0 Å². The monoisotopic (exact) mass is 309 g/mol. The average molecular weight is 309 g/mol. The summed E-state index contributed by atoms with van der Waals surface area (Å²) in [5, 5.41) is 0. The van der Waals surface area contributed by atoms with Gasteiger partial charge in [0.1, 0.15) is 11.6 Å². The number of halogens is 1. The smallest absolute Gasteiger partial charge is 0.216 e. The van der Waals surface area contributed by atoms with E-state index in [1.807, 2.05) is 0 Å². The molecule has 0 aliphatic rings. The lowest BCUT2D eigenvalue weighted by Gasteiger charge is -2.08. The first-order valence-electron chi connectivity index (χ1n) is 6.34. The standard InChI is InChI=1S/C15H16FNO3S/c1-20-14-8-6-12(7-9-14)10-17-21(18,19)11-13-4-2-3-5-15(13)16/h2-9,17H,10-11H2,1H3. The summed E-state index contributed by atoms with van der Waals surface area (Å²) in [6.07, 6.45) is 0. The molecule has 0 saturated heterocycles. The van der Waals surface area contributed by atoms with Crippen LogP contribution in [-0.4, -0.2) is 15.5 Å². The van der Waals surface area contributed by atoms with Gasteiger partial charge in [-0.05, 0) is 23.8 Å². The van der Waals surface area contributed by atoms with Gasteiger partial charge in [0.2, 0.25) is 10.0 Å². The maximum absolute atomic E-state index is 13.5. The first kappa shape index (κ1) is 15.5. The molecule has 0 fully saturated rings. The Morgan fingerprint density at radius 3 is 2.38 bits per heavy atom. The summed E-state index contributed by atoms with van der Waals surface area (Å²) < 4.78 is 44.8. The van der Waals surface area contributed by atoms with Crippen LogP contribution >= 0.6 is 0 Å². The second-order valence-electron chi connectivity index (χ2n) is 4.52. The predicted octanol–water partition coefficient (Wildman–Crippen LogP) is 2.45. The minimum atomic E-state index is -3.59. The van der Waals surface area contributed by atoms with E-state index in [4.69, 9.17) is 4.74 Å². The summed E-state index contributed by atoms with van der Waals surface area (Å²) in [6.45, 7) is 0.154. The highest BCUT2D eigenvalue weighted by atomic mass is 32.2. The van der Waals surface area contributed by atoms with E-state index in [0.29, 0.717) is 5.75 Å². The number of rotatable bonds is 6. The van der Waals surface area contributed by atoms with Crippen molar-refractivity contribution >= 4 is 10.0 Å². The summed E-state index contributed by atoms with van der Waals surface area (Å²) in [7, 11) is -2.03. The van der Waals surface area contributed by atoms with Crippen LogP contribution in [0.3, 0.4) is 0 Å². The second-order valence-corrected chi connectivity index (χ2v) is 6.33. The van der Waals surface area contributed by atoms with Gasteiger partial charge in [-0.25, -0.2) is 17.5 Å². The van der Waals surface area contributed by atoms with Crippen LogP contribution < -0.4 is 9.46 Å². The van der Waals surface area contributed by atoms with Gasteiger partial charge in [-0.2, -0.15) is 0 Å². The third kappa shape index (κ3) is 4.54. The normalized spacial score (nSPS) is 11.3. The van der Waals surface area contributed by atoms with Crippen molar-refractivity contribution in [3.8, 4) is 5.75 Å². The van der Waals surface area contributed by atoms with Crippen LogP contribution in [0, 0.1) is 5.82 Å². The number of nitrogens with one attached hydrogen (secondary N) is 1. The first-order valence-corrected chi connectivity index (χ1v) is 7.99. The number of hydrogen-bond donors (Lipinski definition) is 1. The molecule has 1 N–H and O–H groups in total. The number of benzene rings is 2. The highest BCUT2D eigenvalue weighted by Gasteiger charge is 2.14. The summed E-state index contributed by atoms with van der Waals surface area (Å²) in [5.41, 5.74) is 0.952. The minimum Gasteiger partial charge on any atom is -0.497 e. The van der Waals surface area contributed by atoms with E-state index in [1.165, 1.54) is 18.2 Å². The number of sulfonamides is 1. The molecule has 0 unspecified atom stereocenters. The van der Waals surface area contributed by atoms with Gasteiger partial charge >= 0.3 is 0 Å². The fraction of sp³-hybridized carbons (Fsp3) is 0.200. The molecule has 112 valence electrons. The molecule has 4 nitrogen and oxygen atoms in total. The summed E-state index contributed by atoms with van der Waals surface area (Å²) in [6, 6.07) is 12.9. The maximum Gasteiger partial charge on any atom is 0.216 e. The van der Waals surface area contributed by atoms with Crippen molar-refractivity contribution < 1.29 is 17.5 Å². The molecule has 6 heteroatoms. The number of ether oxygens (including phenoxy) is 1. The number of methoxy groups -OCH3 is 1. The van der Waals surface area contributed by atoms with Crippen molar-refractivity contribution in [3.63, 3.8) is 0 Å². The Hall–Kier alpha value is -1.92. The van der Waals surface area contributed by atoms with Crippen LogP contribution in [0.25, 0.3) is 0 Å². The van der Waals surface area contributed by atoms with E-state index in [0.717, 1.165) is 5.56 Å². The van der Waals surface area contributed by atoms with Crippen LogP contribution in [-0.2, 0) is 22.3 Å². The molecule has 0 spiro atoms. The predicted molar refractivity (Wildman–Crippen MR) is 78.9 cm³/mol. The van der Waals surface area contributed by atoms with Gasteiger partial charge in [-0.3, -0.25) is 0 Å².